The normalized spacial score (nSPS) is 10.7. The molecule has 0 unspecified atom stereocenters. The lowest BCUT2D eigenvalue weighted by Gasteiger charge is -2.03. The average molecular weight is 302 g/mol. The Morgan fingerprint density at radius 2 is 1.95 bits per heavy atom. The molecule has 0 saturated carbocycles. The van der Waals surface area contributed by atoms with Gasteiger partial charge in [0.2, 0.25) is 0 Å². The summed E-state index contributed by atoms with van der Waals surface area (Å²) < 4.78 is 6.36. The van der Waals surface area contributed by atoms with Crippen LogP contribution in [-0.2, 0) is 0 Å². The van der Waals surface area contributed by atoms with Gasteiger partial charge in [-0.25, -0.2) is 4.98 Å². The number of fused-ring (bicyclic) bond motifs is 1. The van der Waals surface area contributed by atoms with E-state index in [0.29, 0.717) is 0 Å². The van der Waals surface area contributed by atoms with Crippen molar-refractivity contribution in [1.82, 2.24) is 4.98 Å². The molecular formula is C15H14N2OS2. The van der Waals surface area contributed by atoms with E-state index in [1.165, 1.54) is 9.60 Å². The molecule has 1 aromatic heterocycles. The average Bonchev–Trinajstić information content (AvgIpc) is 2.90. The molecule has 0 aliphatic rings. The van der Waals surface area contributed by atoms with Crippen molar-refractivity contribution in [3.05, 3.63) is 42.5 Å². The molecule has 1 N–H and O–H groups in total. The predicted octanol–water partition coefficient (Wildman–Crippen LogP) is 4.77. The highest BCUT2D eigenvalue weighted by atomic mass is 32.2. The minimum Gasteiger partial charge on any atom is -0.497 e. The first kappa shape index (κ1) is 13.3. The standard InChI is InChI=1S/C15H14N2OS2/c1-18-11-8-6-10(7-9-11)16-15-17-14-12(19-2)4-3-5-13(14)20-15/h3-9H,1-2H3,(H,16,17). The van der Waals surface area contributed by atoms with Crippen molar-refractivity contribution in [1.29, 1.82) is 0 Å². The largest absolute Gasteiger partial charge is 0.497 e. The highest BCUT2D eigenvalue weighted by molar-refractivity contribution is 7.98. The van der Waals surface area contributed by atoms with E-state index < -0.39 is 0 Å². The lowest BCUT2D eigenvalue weighted by molar-refractivity contribution is 0.415. The molecule has 3 nitrogen and oxygen atoms in total. The third-order valence-corrected chi connectivity index (χ3v) is 4.65. The van der Waals surface area contributed by atoms with Crippen LogP contribution in [0.2, 0.25) is 0 Å². The fourth-order valence-electron chi connectivity index (χ4n) is 1.94. The number of ether oxygens (including phenoxy) is 1. The highest BCUT2D eigenvalue weighted by Crippen LogP contribution is 2.33. The summed E-state index contributed by atoms with van der Waals surface area (Å²) >= 11 is 3.39. The number of benzene rings is 2. The fourth-order valence-corrected chi connectivity index (χ4v) is 3.48. The topological polar surface area (TPSA) is 34.1 Å². The number of rotatable bonds is 4. The van der Waals surface area contributed by atoms with Gasteiger partial charge in [-0.15, -0.1) is 11.8 Å². The number of anilines is 2. The van der Waals surface area contributed by atoms with Crippen LogP contribution < -0.4 is 10.1 Å². The van der Waals surface area contributed by atoms with Gasteiger partial charge in [0.25, 0.3) is 0 Å². The van der Waals surface area contributed by atoms with Crippen molar-refractivity contribution in [2.75, 3.05) is 18.7 Å². The molecule has 1 heterocycles. The molecule has 0 aliphatic heterocycles. The SMILES string of the molecule is COc1ccc(Nc2nc3c(SC)cccc3s2)cc1. The van der Waals surface area contributed by atoms with Crippen LogP contribution in [0.15, 0.2) is 47.4 Å². The molecule has 0 spiro atoms. The molecule has 0 bridgehead atoms. The van der Waals surface area contributed by atoms with Crippen molar-refractivity contribution in [2.24, 2.45) is 0 Å². The minimum atomic E-state index is 0.851. The number of hydrogen-bond donors (Lipinski definition) is 1. The molecule has 0 atom stereocenters. The summed E-state index contributed by atoms with van der Waals surface area (Å²) in [5.74, 6) is 0.851. The fraction of sp³-hybridized carbons (Fsp3) is 0.133. The Hall–Kier alpha value is -1.72. The van der Waals surface area contributed by atoms with Gasteiger partial charge < -0.3 is 10.1 Å². The first-order valence-corrected chi connectivity index (χ1v) is 8.19. The van der Waals surface area contributed by atoms with Crippen LogP contribution in [0.4, 0.5) is 10.8 Å². The number of thiazole rings is 1. The van der Waals surface area contributed by atoms with Crippen LogP contribution in [-0.4, -0.2) is 18.3 Å². The molecular weight excluding hydrogens is 288 g/mol. The molecule has 3 aromatic rings. The Morgan fingerprint density at radius 1 is 1.15 bits per heavy atom. The van der Waals surface area contributed by atoms with Gasteiger partial charge >= 0.3 is 0 Å². The molecule has 0 fully saturated rings. The van der Waals surface area contributed by atoms with Crippen LogP contribution in [0.25, 0.3) is 10.2 Å². The van der Waals surface area contributed by atoms with Crippen LogP contribution >= 0.6 is 23.1 Å². The Labute approximate surface area is 126 Å². The lowest BCUT2D eigenvalue weighted by atomic mass is 10.3. The second-order valence-electron chi connectivity index (χ2n) is 4.18. The molecule has 20 heavy (non-hydrogen) atoms. The van der Waals surface area contributed by atoms with Crippen molar-refractivity contribution in [3.8, 4) is 5.75 Å². The van der Waals surface area contributed by atoms with Gasteiger partial charge in [-0.05, 0) is 42.7 Å². The van der Waals surface area contributed by atoms with Crippen molar-refractivity contribution in [2.45, 2.75) is 4.90 Å². The maximum atomic E-state index is 5.15. The van der Waals surface area contributed by atoms with Gasteiger partial charge in [-0.3, -0.25) is 0 Å². The van der Waals surface area contributed by atoms with Crippen LogP contribution in [0.3, 0.4) is 0 Å². The van der Waals surface area contributed by atoms with Gasteiger partial charge in [0.15, 0.2) is 5.13 Å². The Kier molecular flexibility index (Phi) is 3.80. The van der Waals surface area contributed by atoms with E-state index in [0.717, 1.165) is 22.1 Å². The quantitative estimate of drug-likeness (QED) is 0.704. The summed E-state index contributed by atoms with van der Waals surface area (Å²) in [5, 5.41) is 4.25. The predicted molar refractivity (Wildman–Crippen MR) is 87.7 cm³/mol. The molecule has 102 valence electrons. The van der Waals surface area contributed by atoms with Crippen LogP contribution in [0, 0.1) is 0 Å². The van der Waals surface area contributed by atoms with Gasteiger partial charge in [0.05, 0.1) is 17.3 Å². The van der Waals surface area contributed by atoms with Gasteiger partial charge in [-0.1, -0.05) is 17.4 Å². The molecule has 2 aromatic carbocycles. The first-order valence-electron chi connectivity index (χ1n) is 6.15. The molecule has 0 radical (unpaired) electrons. The summed E-state index contributed by atoms with van der Waals surface area (Å²) in [6, 6.07) is 14.1. The number of hydrogen-bond acceptors (Lipinski definition) is 5. The summed E-state index contributed by atoms with van der Waals surface area (Å²) in [5.41, 5.74) is 2.08. The van der Waals surface area contributed by atoms with E-state index in [-0.39, 0.29) is 0 Å². The monoisotopic (exact) mass is 302 g/mol. The third kappa shape index (κ3) is 2.59. The first-order chi connectivity index (χ1) is 9.80. The van der Waals surface area contributed by atoms with E-state index in [1.807, 2.05) is 24.3 Å². The van der Waals surface area contributed by atoms with E-state index >= 15 is 0 Å². The number of para-hydroxylation sites is 1. The smallest absolute Gasteiger partial charge is 0.188 e. The van der Waals surface area contributed by atoms with Gasteiger partial charge in [0, 0.05) is 10.6 Å². The van der Waals surface area contributed by atoms with Crippen molar-refractivity contribution < 1.29 is 4.74 Å². The maximum Gasteiger partial charge on any atom is 0.188 e. The van der Waals surface area contributed by atoms with Crippen LogP contribution in [0.5, 0.6) is 5.75 Å². The summed E-state index contributed by atoms with van der Waals surface area (Å²) in [6.45, 7) is 0. The third-order valence-electron chi connectivity index (χ3n) is 2.94. The highest BCUT2D eigenvalue weighted by Gasteiger charge is 2.07. The molecule has 0 saturated heterocycles. The maximum absolute atomic E-state index is 5.15. The Balaban J connectivity index is 1.90. The summed E-state index contributed by atoms with van der Waals surface area (Å²) in [6.07, 6.45) is 2.07. The van der Waals surface area contributed by atoms with Crippen molar-refractivity contribution in [3.63, 3.8) is 0 Å². The molecule has 0 aliphatic carbocycles. The molecule has 3 rings (SSSR count). The molecule has 0 amide bonds. The number of nitrogens with one attached hydrogen (secondary N) is 1. The number of thioether (sulfide) groups is 1. The minimum absolute atomic E-state index is 0.851. The lowest BCUT2D eigenvalue weighted by Crippen LogP contribution is -1.89. The number of nitrogens with zero attached hydrogens (tertiary/aromatic N) is 1. The van der Waals surface area contributed by atoms with E-state index in [1.54, 1.807) is 30.2 Å². The van der Waals surface area contributed by atoms with E-state index in [9.17, 15) is 0 Å². The van der Waals surface area contributed by atoms with E-state index in [4.69, 9.17) is 4.74 Å². The molecule has 5 heteroatoms. The van der Waals surface area contributed by atoms with Crippen molar-refractivity contribution >= 4 is 44.1 Å². The zero-order valence-electron chi connectivity index (χ0n) is 11.2. The van der Waals surface area contributed by atoms with Gasteiger partial charge in [-0.2, -0.15) is 0 Å². The number of aromatic nitrogens is 1. The number of methoxy groups -OCH3 is 1. The zero-order valence-corrected chi connectivity index (χ0v) is 12.8. The summed E-state index contributed by atoms with van der Waals surface area (Å²) in [7, 11) is 1.67. The van der Waals surface area contributed by atoms with Crippen LogP contribution in [0.1, 0.15) is 0 Å². The zero-order chi connectivity index (χ0) is 13.9. The summed E-state index contributed by atoms with van der Waals surface area (Å²) in [4.78, 5) is 5.89. The Morgan fingerprint density at radius 3 is 2.65 bits per heavy atom. The second-order valence-corrected chi connectivity index (χ2v) is 6.06. The van der Waals surface area contributed by atoms with E-state index in [2.05, 4.69) is 34.8 Å². The Bertz CT molecular complexity index is 722. The second kappa shape index (κ2) is 5.73. The van der Waals surface area contributed by atoms with Gasteiger partial charge in [0.1, 0.15) is 5.75 Å².